The molecule has 0 saturated heterocycles. The summed E-state index contributed by atoms with van der Waals surface area (Å²) in [7, 11) is 0. The van der Waals surface area contributed by atoms with Gasteiger partial charge in [-0.25, -0.2) is 0 Å². The number of fused-ring (bicyclic) bond motifs is 3. The second-order valence-corrected chi connectivity index (χ2v) is 8.38. The predicted molar refractivity (Wildman–Crippen MR) is 125 cm³/mol. The molecule has 0 spiro atoms. The number of hydrogen-bond donors (Lipinski definition) is 2. The summed E-state index contributed by atoms with van der Waals surface area (Å²) in [6.45, 7) is 4.46. The molecule has 1 atom stereocenters. The number of hydrogen-bond acceptors (Lipinski definition) is 4. The fourth-order valence-electron chi connectivity index (χ4n) is 4.47. The number of H-pyrrole nitrogens is 1. The Morgan fingerprint density at radius 3 is 2.88 bits per heavy atom. The zero-order valence-electron chi connectivity index (χ0n) is 18.3. The Bertz CT molecular complexity index is 1260. The highest BCUT2D eigenvalue weighted by molar-refractivity contribution is 5.91. The lowest BCUT2D eigenvalue weighted by Crippen LogP contribution is -2.34. The van der Waals surface area contributed by atoms with E-state index >= 15 is 0 Å². The SMILES string of the molecule is Cc1n[nH]c(C)c1CCC(=O)NCC1Cc2c(ccc3cc(-c4cccnc4)ccc23)O1. The monoisotopic (exact) mass is 426 g/mol. The number of aryl methyl sites for hydroxylation is 2. The molecule has 2 aromatic heterocycles. The predicted octanol–water partition coefficient (Wildman–Crippen LogP) is 4.29. The van der Waals surface area contributed by atoms with Gasteiger partial charge in [-0.3, -0.25) is 14.9 Å². The summed E-state index contributed by atoms with van der Waals surface area (Å²) in [6.07, 6.45) is 5.55. The van der Waals surface area contributed by atoms with Crippen LogP contribution in [-0.4, -0.2) is 33.7 Å². The van der Waals surface area contributed by atoms with Gasteiger partial charge in [0.05, 0.1) is 12.2 Å². The highest BCUT2D eigenvalue weighted by Crippen LogP contribution is 2.36. The normalized spacial score (nSPS) is 14.9. The minimum Gasteiger partial charge on any atom is -0.488 e. The second-order valence-electron chi connectivity index (χ2n) is 8.38. The third-order valence-electron chi connectivity index (χ3n) is 6.22. The van der Waals surface area contributed by atoms with Crippen molar-refractivity contribution in [1.29, 1.82) is 0 Å². The first-order valence-corrected chi connectivity index (χ1v) is 11.0. The van der Waals surface area contributed by atoms with E-state index in [0.29, 0.717) is 19.4 Å². The third kappa shape index (κ3) is 3.96. The van der Waals surface area contributed by atoms with Gasteiger partial charge in [0.25, 0.3) is 0 Å². The number of ether oxygens (including phenoxy) is 1. The van der Waals surface area contributed by atoms with Gasteiger partial charge in [-0.2, -0.15) is 5.10 Å². The molecule has 1 amide bonds. The maximum absolute atomic E-state index is 12.4. The van der Waals surface area contributed by atoms with E-state index in [-0.39, 0.29) is 12.0 Å². The lowest BCUT2D eigenvalue weighted by atomic mass is 9.97. The first kappa shape index (κ1) is 20.2. The summed E-state index contributed by atoms with van der Waals surface area (Å²) in [4.78, 5) is 16.6. The maximum atomic E-state index is 12.4. The van der Waals surface area contributed by atoms with Gasteiger partial charge in [-0.15, -0.1) is 0 Å². The molecular weight excluding hydrogens is 400 g/mol. The first-order chi connectivity index (χ1) is 15.6. The smallest absolute Gasteiger partial charge is 0.220 e. The van der Waals surface area contributed by atoms with Gasteiger partial charge in [0.2, 0.25) is 5.91 Å². The third-order valence-corrected chi connectivity index (χ3v) is 6.22. The van der Waals surface area contributed by atoms with Crippen LogP contribution < -0.4 is 10.1 Å². The number of carbonyl (C=O) groups excluding carboxylic acids is 1. The van der Waals surface area contributed by atoms with Crippen molar-refractivity contribution in [3.63, 3.8) is 0 Å². The van der Waals surface area contributed by atoms with Gasteiger partial charge < -0.3 is 10.1 Å². The number of carbonyl (C=O) groups is 1. The van der Waals surface area contributed by atoms with Crippen molar-refractivity contribution in [3.8, 4) is 16.9 Å². The number of amides is 1. The lowest BCUT2D eigenvalue weighted by molar-refractivity contribution is -0.121. The Hall–Kier alpha value is -3.67. The van der Waals surface area contributed by atoms with Crippen LogP contribution in [-0.2, 0) is 17.6 Å². The number of benzene rings is 2. The van der Waals surface area contributed by atoms with Crippen molar-refractivity contribution < 1.29 is 9.53 Å². The average Bonchev–Trinajstić information content (AvgIpc) is 3.39. The van der Waals surface area contributed by atoms with E-state index in [1.165, 1.54) is 16.3 Å². The van der Waals surface area contributed by atoms with Crippen LogP contribution >= 0.6 is 0 Å². The van der Waals surface area contributed by atoms with Crippen molar-refractivity contribution in [2.24, 2.45) is 0 Å². The van der Waals surface area contributed by atoms with Crippen LogP contribution in [0.25, 0.3) is 21.9 Å². The molecule has 4 aromatic rings. The van der Waals surface area contributed by atoms with E-state index in [0.717, 1.165) is 40.2 Å². The van der Waals surface area contributed by atoms with Crippen LogP contribution in [0.5, 0.6) is 5.75 Å². The van der Waals surface area contributed by atoms with Gasteiger partial charge >= 0.3 is 0 Å². The average molecular weight is 427 g/mol. The molecule has 0 radical (unpaired) electrons. The molecule has 0 fully saturated rings. The van der Waals surface area contributed by atoms with Gasteiger partial charge in [-0.1, -0.05) is 24.3 Å². The van der Waals surface area contributed by atoms with Crippen LogP contribution in [0.2, 0.25) is 0 Å². The number of pyridine rings is 1. The molecule has 3 heterocycles. The molecule has 0 aliphatic carbocycles. The van der Waals surface area contributed by atoms with Crippen molar-refractivity contribution in [2.75, 3.05) is 6.54 Å². The van der Waals surface area contributed by atoms with Gasteiger partial charge in [0.1, 0.15) is 11.9 Å². The Balaban J connectivity index is 1.22. The summed E-state index contributed by atoms with van der Waals surface area (Å²) in [5, 5.41) is 12.6. The zero-order valence-corrected chi connectivity index (χ0v) is 18.3. The summed E-state index contributed by atoms with van der Waals surface area (Å²) in [5.41, 5.74) is 6.58. The van der Waals surface area contributed by atoms with Gasteiger partial charge in [0, 0.05) is 42.1 Å². The van der Waals surface area contributed by atoms with Crippen LogP contribution in [0.15, 0.2) is 54.9 Å². The van der Waals surface area contributed by atoms with Gasteiger partial charge in [-0.05, 0) is 60.4 Å². The summed E-state index contributed by atoms with van der Waals surface area (Å²) in [6, 6.07) is 14.7. The van der Waals surface area contributed by atoms with Crippen molar-refractivity contribution in [1.82, 2.24) is 20.5 Å². The minimum atomic E-state index is -0.0463. The van der Waals surface area contributed by atoms with Crippen LogP contribution in [0, 0.1) is 13.8 Å². The number of aromatic amines is 1. The maximum Gasteiger partial charge on any atom is 0.220 e. The van der Waals surface area contributed by atoms with E-state index in [9.17, 15) is 4.79 Å². The largest absolute Gasteiger partial charge is 0.488 e. The fourth-order valence-corrected chi connectivity index (χ4v) is 4.47. The van der Waals surface area contributed by atoms with E-state index < -0.39 is 0 Å². The molecule has 0 bridgehead atoms. The molecule has 0 saturated carbocycles. The Kier molecular flexibility index (Phi) is 5.35. The molecule has 6 nitrogen and oxygen atoms in total. The van der Waals surface area contributed by atoms with E-state index in [2.05, 4.69) is 50.8 Å². The standard InChI is InChI=1S/C26H26N4O2/c1-16-22(17(2)30-29-16)8-10-26(31)28-15-21-13-24-23-7-5-18(20-4-3-11-27-14-20)12-19(23)6-9-25(24)32-21/h3-7,9,11-12,14,21H,8,10,13,15H2,1-2H3,(H,28,31)(H,29,30). The second kappa shape index (κ2) is 8.46. The molecule has 32 heavy (non-hydrogen) atoms. The highest BCUT2D eigenvalue weighted by Gasteiger charge is 2.25. The number of nitrogens with zero attached hydrogens (tertiary/aromatic N) is 2. The van der Waals surface area contributed by atoms with Gasteiger partial charge in [0.15, 0.2) is 0 Å². The Morgan fingerprint density at radius 2 is 2.09 bits per heavy atom. The molecule has 2 N–H and O–H groups in total. The summed E-state index contributed by atoms with van der Waals surface area (Å²) in [5.74, 6) is 0.950. The minimum absolute atomic E-state index is 0.0375. The van der Waals surface area contributed by atoms with Crippen LogP contribution in [0.4, 0.5) is 0 Å². The van der Waals surface area contributed by atoms with Crippen molar-refractivity contribution in [3.05, 3.63) is 77.4 Å². The van der Waals surface area contributed by atoms with E-state index in [1.807, 2.05) is 32.2 Å². The first-order valence-electron chi connectivity index (χ1n) is 11.0. The molecule has 2 aromatic carbocycles. The topological polar surface area (TPSA) is 79.9 Å². The van der Waals surface area contributed by atoms with Crippen LogP contribution in [0.3, 0.4) is 0 Å². The lowest BCUT2D eigenvalue weighted by Gasteiger charge is -2.12. The summed E-state index contributed by atoms with van der Waals surface area (Å²) < 4.78 is 6.13. The van der Waals surface area contributed by atoms with E-state index in [1.54, 1.807) is 6.20 Å². The number of aromatic nitrogens is 3. The summed E-state index contributed by atoms with van der Waals surface area (Å²) >= 11 is 0. The molecular formula is C26H26N4O2. The van der Waals surface area contributed by atoms with Crippen LogP contribution in [0.1, 0.15) is 28.9 Å². The molecule has 1 unspecified atom stereocenters. The number of nitrogens with one attached hydrogen (secondary N) is 2. The molecule has 162 valence electrons. The zero-order chi connectivity index (χ0) is 22.1. The Morgan fingerprint density at radius 1 is 1.19 bits per heavy atom. The number of rotatable bonds is 6. The fraction of sp³-hybridized carbons (Fsp3) is 0.269. The van der Waals surface area contributed by atoms with Crippen molar-refractivity contribution in [2.45, 2.75) is 39.2 Å². The molecule has 6 heteroatoms. The molecule has 1 aliphatic rings. The molecule has 1 aliphatic heterocycles. The molecule has 5 rings (SSSR count). The van der Waals surface area contributed by atoms with E-state index in [4.69, 9.17) is 4.74 Å². The van der Waals surface area contributed by atoms with Crippen molar-refractivity contribution >= 4 is 16.7 Å². The Labute approximate surface area is 187 Å². The quantitative estimate of drug-likeness (QED) is 0.482. The highest BCUT2D eigenvalue weighted by atomic mass is 16.5.